The van der Waals surface area contributed by atoms with E-state index < -0.39 is 24.7 Å². The van der Waals surface area contributed by atoms with Crippen molar-refractivity contribution in [2.24, 2.45) is 0 Å². The van der Waals surface area contributed by atoms with Gasteiger partial charge in [0, 0.05) is 20.0 Å². The Kier molecular flexibility index (Phi) is 7.93. The van der Waals surface area contributed by atoms with Crippen LogP contribution < -0.4 is 5.32 Å². The van der Waals surface area contributed by atoms with Gasteiger partial charge in [0.15, 0.2) is 0 Å². The van der Waals surface area contributed by atoms with Crippen LogP contribution in [0.25, 0.3) is 0 Å². The zero-order valence-corrected chi connectivity index (χ0v) is 12.7. The molecule has 0 aliphatic carbocycles. The first kappa shape index (κ1) is 18.8. The SMILES string of the molecule is CC(=O)N(CCCNC(=O)OCc1ccccc1)C(F)C(F)F. The fourth-order valence-electron chi connectivity index (χ4n) is 1.80. The van der Waals surface area contributed by atoms with E-state index in [4.69, 9.17) is 4.74 Å². The normalized spacial score (nSPS) is 11.9. The number of nitrogens with one attached hydrogen (secondary N) is 1. The molecule has 0 saturated carbocycles. The van der Waals surface area contributed by atoms with E-state index >= 15 is 0 Å². The smallest absolute Gasteiger partial charge is 0.407 e. The number of alkyl carbamates (subject to hydrolysis) is 1. The number of carbonyl (C=O) groups is 2. The molecule has 1 aromatic rings. The molecule has 0 spiro atoms. The quantitative estimate of drug-likeness (QED) is 0.588. The number of amides is 2. The van der Waals surface area contributed by atoms with Crippen LogP contribution in [0.1, 0.15) is 18.9 Å². The van der Waals surface area contributed by atoms with Crippen molar-refractivity contribution < 1.29 is 27.5 Å². The van der Waals surface area contributed by atoms with Gasteiger partial charge in [-0.1, -0.05) is 30.3 Å². The Hall–Kier alpha value is -2.25. The van der Waals surface area contributed by atoms with Crippen molar-refractivity contribution in [2.45, 2.75) is 32.7 Å². The van der Waals surface area contributed by atoms with Crippen molar-refractivity contribution >= 4 is 12.0 Å². The lowest BCUT2D eigenvalue weighted by Gasteiger charge is -2.24. The summed E-state index contributed by atoms with van der Waals surface area (Å²) in [6.45, 7) is 0.966. The Morgan fingerprint density at radius 2 is 1.87 bits per heavy atom. The maximum Gasteiger partial charge on any atom is 0.407 e. The van der Waals surface area contributed by atoms with Gasteiger partial charge in [0.1, 0.15) is 6.61 Å². The topological polar surface area (TPSA) is 58.6 Å². The van der Waals surface area contributed by atoms with Gasteiger partial charge in [0.05, 0.1) is 0 Å². The van der Waals surface area contributed by atoms with E-state index in [0.717, 1.165) is 12.5 Å². The largest absolute Gasteiger partial charge is 0.445 e. The number of ether oxygens (including phenoxy) is 1. The minimum Gasteiger partial charge on any atom is -0.445 e. The second-order valence-electron chi connectivity index (χ2n) is 4.76. The second kappa shape index (κ2) is 9.70. The zero-order chi connectivity index (χ0) is 17.2. The molecule has 0 aliphatic heterocycles. The molecule has 23 heavy (non-hydrogen) atoms. The minimum absolute atomic E-state index is 0.0767. The molecule has 8 heteroatoms. The summed E-state index contributed by atoms with van der Waals surface area (Å²) in [7, 11) is 0. The van der Waals surface area contributed by atoms with Crippen molar-refractivity contribution in [3.8, 4) is 0 Å². The maximum atomic E-state index is 13.2. The Balaban J connectivity index is 2.24. The lowest BCUT2D eigenvalue weighted by Crippen LogP contribution is -2.42. The van der Waals surface area contributed by atoms with Crippen molar-refractivity contribution in [2.75, 3.05) is 13.1 Å². The van der Waals surface area contributed by atoms with Crippen LogP contribution in [0.5, 0.6) is 0 Å². The van der Waals surface area contributed by atoms with Gasteiger partial charge in [-0.3, -0.25) is 4.79 Å². The van der Waals surface area contributed by atoms with E-state index in [2.05, 4.69) is 5.32 Å². The number of benzene rings is 1. The monoisotopic (exact) mass is 332 g/mol. The summed E-state index contributed by atoms with van der Waals surface area (Å²) < 4.78 is 42.7. The van der Waals surface area contributed by atoms with Crippen LogP contribution in [0.15, 0.2) is 30.3 Å². The summed E-state index contributed by atoms with van der Waals surface area (Å²) in [6.07, 6.45) is -6.44. The third-order valence-electron chi connectivity index (χ3n) is 2.97. The number of halogens is 3. The van der Waals surface area contributed by atoms with Crippen molar-refractivity contribution in [3.63, 3.8) is 0 Å². The molecule has 0 fully saturated rings. The van der Waals surface area contributed by atoms with Crippen molar-refractivity contribution in [1.82, 2.24) is 10.2 Å². The molecule has 128 valence electrons. The number of rotatable bonds is 8. The first-order valence-corrected chi connectivity index (χ1v) is 7.05. The molecule has 0 bridgehead atoms. The highest BCUT2D eigenvalue weighted by atomic mass is 19.3. The number of nitrogens with zero attached hydrogens (tertiary/aromatic N) is 1. The third kappa shape index (κ3) is 7.03. The fraction of sp³-hybridized carbons (Fsp3) is 0.467. The first-order valence-electron chi connectivity index (χ1n) is 7.05. The van der Waals surface area contributed by atoms with E-state index in [9.17, 15) is 22.8 Å². The van der Waals surface area contributed by atoms with Gasteiger partial charge in [0.25, 0.3) is 6.43 Å². The van der Waals surface area contributed by atoms with Gasteiger partial charge >= 0.3 is 6.09 Å². The summed E-state index contributed by atoms with van der Waals surface area (Å²) >= 11 is 0. The Morgan fingerprint density at radius 1 is 1.22 bits per heavy atom. The highest BCUT2D eigenvalue weighted by Crippen LogP contribution is 2.12. The average Bonchev–Trinajstić information content (AvgIpc) is 2.52. The van der Waals surface area contributed by atoms with Crippen LogP contribution >= 0.6 is 0 Å². The van der Waals surface area contributed by atoms with Crippen LogP contribution in [0.3, 0.4) is 0 Å². The van der Waals surface area contributed by atoms with Gasteiger partial charge in [-0.2, -0.15) is 0 Å². The maximum absolute atomic E-state index is 13.2. The zero-order valence-electron chi connectivity index (χ0n) is 12.7. The second-order valence-corrected chi connectivity index (χ2v) is 4.76. The molecule has 0 aromatic heterocycles. The number of hydrogen-bond donors (Lipinski definition) is 1. The van der Waals surface area contributed by atoms with Crippen molar-refractivity contribution in [3.05, 3.63) is 35.9 Å². The number of alkyl halides is 3. The Labute approximate surface area is 132 Å². The molecule has 1 N–H and O–H groups in total. The highest BCUT2D eigenvalue weighted by molar-refractivity contribution is 5.73. The average molecular weight is 332 g/mol. The van der Waals surface area contributed by atoms with Gasteiger partial charge in [0.2, 0.25) is 12.2 Å². The first-order chi connectivity index (χ1) is 10.9. The molecule has 0 aliphatic rings. The van der Waals surface area contributed by atoms with E-state index in [1.807, 2.05) is 18.2 Å². The number of carbonyl (C=O) groups excluding carboxylic acids is 2. The molecule has 1 rings (SSSR count). The van der Waals surface area contributed by atoms with E-state index in [1.165, 1.54) is 0 Å². The van der Waals surface area contributed by atoms with Gasteiger partial charge < -0.3 is 15.0 Å². The lowest BCUT2D eigenvalue weighted by molar-refractivity contribution is -0.142. The molecule has 5 nitrogen and oxygen atoms in total. The fourth-order valence-corrected chi connectivity index (χ4v) is 1.80. The molecular formula is C15H19F3N2O3. The van der Waals surface area contributed by atoms with Crippen molar-refractivity contribution in [1.29, 1.82) is 0 Å². The van der Waals surface area contributed by atoms with E-state index in [-0.39, 0.29) is 26.1 Å². The minimum atomic E-state index is -3.26. The molecule has 0 heterocycles. The van der Waals surface area contributed by atoms with Crippen LogP contribution in [0.2, 0.25) is 0 Å². The van der Waals surface area contributed by atoms with Gasteiger partial charge in [-0.25, -0.2) is 18.0 Å². The summed E-state index contributed by atoms with van der Waals surface area (Å²) in [4.78, 5) is 23.0. The molecular weight excluding hydrogens is 313 g/mol. The standard InChI is InChI=1S/C15H19F3N2O3/c1-11(21)20(14(18)13(16)17)9-5-8-19-15(22)23-10-12-6-3-2-4-7-12/h2-4,6-7,13-14H,5,8-10H2,1H3,(H,19,22). The summed E-state index contributed by atoms with van der Waals surface area (Å²) in [6, 6.07) is 9.04. The van der Waals surface area contributed by atoms with Crippen LogP contribution in [0.4, 0.5) is 18.0 Å². The summed E-state index contributed by atoms with van der Waals surface area (Å²) in [5.74, 6) is -0.788. The molecule has 1 atom stereocenters. The van der Waals surface area contributed by atoms with E-state index in [1.54, 1.807) is 12.1 Å². The Bertz CT molecular complexity index is 500. The molecule has 0 radical (unpaired) electrons. The molecule has 2 amide bonds. The molecule has 0 saturated heterocycles. The van der Waals surface area contributed by atoms with Crippen LogP contribution in [0, 0.1) is 0 Å². The van der Waals surface area contributed by atoms with Crippen LogP contribution in [-0.4, -0.2) is 42.7 Å². The van der Waals surface area contributed by atoms with Gasteiger partial charge in [-0.15, -0.1) is 0 Å². The van der Waals surface area contributed by atoms with Gasteiger partial charge in [-0.05, 0) is 12.0 Å². The lowest BCUT2D eigenvalue weighted by atomic mass is 10.2. The van der Waals surface area contributed by atoms with Crippen LogP contribution in [-0.2, 0) is 16.1 Å². The summed E-state index contributed by atoms with van der Waals surface area (Å²) in [5.41, 5.74) is 0.822. The van der Waals surface area contributed by atoms with E-state index in [0.29, 0.717) is 4.90 Å². The molecule has 1 aromatic carbocycles. The third-order valence-corrected chi connectivity index (χ3v) is 2.97. The highest BCUT2D eigenvalue weighted by Gasteiger charge is 2.28. The Morgan fingerprint density at radius 3 is 2.43 bits per heavy atom. The predicted molar refractivity (Wildman–Crippen MR) is 77.5 cm³/mol. The summed E-state index contributed by atoms with van der Waals surface area (Å²) in [5, 5.41) is 2.41. The number of hydrogen-bond acceptors (Lipinski definition) is 3. The predicted octanol–water partition coefficient (Wildman–Crippen LogP) is 2.71. The molecule has 1 unspecified atom stereocenters.